The molecule has 0 N–H and O–H groups in total. The molecule has 2 aliphatic rings. The number of unbranched alkanes of at least 4 members (excludes halogenated alkanes) is 13. The van der Waals surface area contributed by atoms with Gasteiger partial charge in [0.05, 0.1) is 27.2 Å². The van der Waals surface area contributed by atoms with Crippen LogP contribution in [0.2, 0.25) is 0 Å². The van der Waals surface area contributed by atoms with Gasteiger partial charge in [-0.2, -0.15) is 0 Å². The van der Waals surface area contributed by atoms with Gasteiger partial charge in [-0.1, -0.05) is 90.4 Å². The van der Waals surface area contributed by atoms with Crippen molar-refractivity contribution in [3.63, 3.8) is 0 Å². The summed E-state index contributed by atoms with van der Waals surface area (Å²) in [5, 5.41) is 0. The second-order valence-electron chi connectivity index (χ2n) is 11.8. The Morgan fingerprint density at radius 1 is 0.892 bits per heavy atom. The molecule has 2 heterocycles. The summed E-state index contributed by atoms with van der Waals surface area (Å²) in [6.07, 6.45) is 18.6. The Kier molecular flexibility index (Phi) is 14.6. The first-order valence-electron chi connectivity index (χ1n) is 14.8. The number of carbonyl (C=O) groups is 1. The number of nitrogens with zero attached hydrogens (tertiary/aromatic N) is 1. The van der Waals surface area contributed by atoms with Crippen molar-refractivity contribution in [3.05, 3.63) is 0 Å². The van der Waals surface area contributed by atoms with Gasteiger partial charge in [0.2, 0.25) is 6.23 Å². The minimum absolute atomic E-state index is 0.116. The van der Waals surface area contributed by atoms with E-state index in [-0.39, 0.29) is 25.5 Å². The van der Waals surface area contributed by atoms with Crippen LogP contribution >= 0.6 is 7.82 Å². The molecule has 0 amide bonds. The average Bonchev–Trinajstić information content (AvgIpc) is 3.32. The molecule has 0 aromatic carbocycles. The molecule has 0 aliphatic carbocycles. The van der Waals surface area contributed by atoms with Gasteiger partial charge < -0.3 is 14.0 Å². The van der Waals surface area contributed by atoms with Crippen molar-refractivity contribution in [2.45, 2.75) is 135 Å². The summed E-state index contributed by atoms with van der Waals surface area (Å²) in [6.45, 7) is 6.88. The fraction of sp³-hybridized carbons (Fsp3) is 0.964. The van der Waals surface area contributed by atoms with Crippen LogP contribution in [0.25, 0.3) is 0 Å². The van der Waals surface area contributed by atoms with E-state index in [4.69, 9.17) is 23.0 Å². The van der Waals surface area contributed by atoms with Crippen LogP contribution in [0.3, 0.4) is 0 Å². The number of quaternary nitrogens is 1. The highest BCUT2D eigenvalue weighted by Crippen LogP contribution is 2.61. The quantitative estimate of drug-likeness (QED) is 0.0652. The van der Waals surface area contributed by atoms with Crippen LogP contribution in [-0.2, 0) is 32.4 Å². The third-order valence-electron chi connectivity index (χ3n) is 7.47. The Bertz CT molecular complexity index is 704. The van der Waals surface area contributed by atoms with Crippen LogP contribution < -0.4 is 0 Å². The molecule has 9 heteroatoms. The molecule has 4 unspecified atom stereocenters. The Morgan fingerprint density at radius 2 is 1.43 bits per heavy atom. The molecule has 2 aliphatic heterocycles. The number of hydrogen-bond donors (Lipinski definition) is 0. The molecule has 2 rings (SSSR count). The highest BCUT2D eigenvalue weighted by Gasteiger charge is 2.58. The van der Waals surface area contributed by atoms with E-state index in [1.165, 1.54) is 84.0 Å². The Balaban J connectivity index is 1.53. The zero-order valence-corrected chi connectivity index (χ0v) is 25.2. The van der Waals surface area contributed by atoms with E-state index in [0.29, 0.717) is 11.1 Å². The number of esters is 1. The van der Waals surface area contributed by atoms with Crippen LogP contribution in [0.4, 0.5) is 0 Å². The standard InChI is InChI=1S/C28H55NO7P/c1-6-7-8-9-10-11-12-13-14-15-16-17-18-19-22-32-23-28(3,34-25(2)30)24-33-37(31)35-26-20-21-29(4,5)27(26)36-37/h26-27H,6-24H2,1-5H3/q+1. The van der Waals surface area contributed by atoms with Crippen molar-refractivity contribution < 1.29 is 36.9 Å². The fourth-order valence-corrected chi connectivity index (χ4v) is 7.01. The van der Waals surface area contributed by atoms with Gasteiger partial charge in [0.15, 0.2) is 11.7 Å². The highest BCUT2D eigenvalue weighted by atomic mass is 31.2. The van der Waals surface area contributed by atoms with Crippen molar-refractivity contribution in [3.8, 4) is 0 Å². The molecule has 2 fully saturated rings. The molecule has 2 saturated heterocycles. The van der Waals surface area contributed by atoms with E-state index in [1.807, 2.05) is 14.1 Å². The minimum Gasteiger partial charge on any atom is -0.455 e. The number of hydrogen-bond acceptors (Lipinski definition) is 7. The maximum atomic E-state index is 13.0. The predicted molar refractivity (Wildman–Crippen MR) is 146 cm³/mol. The van der Waals surface area contributed by atoms with Gasteiger partial charge >= 0.3 is 13.8 Å². The first-order valence-corrected chi connectivity index (χ1v) is 16.3. The van der Waals surface area contributed by atoms with Gasteiger partial charge in [0.25, 0.3) is 0 Å². The topological polar surface area (TPSA) is 80.3 Å². The third kappa shape index (κ3) is 12.5. The van der Waals surface area contributed by atoms with Crippen LogP contribution in [0.1, 0.15) is 117 Å². The fourth-order valence-electron chi connectivity index (χ4n) is 5.21. The Labute approximate surface area is 226 Å². The lowest BCUT2D eigenvalue weighted by molar-refractivity contribution is -0.920. The molecule has 0 saturated carbocycles. The second-order valence-corrected chi connectivity index (χ2v) is 13.4. The first kappa shape index (κ1) is 32.7. The van der Waals surface area contributed by atoms with E-state index in [0.717, 1.165) is 25.8 Å². The van der Waals surface area contributed by atoms with Crippen molar-refractivity contribution in [1.82, 2.24) is 0 Å². The minimum atomic E-state index is -3.71. The monoisotopic (exact) mass is 548 g/mol. The lowest BCUT2D eigenvalue weighted by atomic mass is 10.0. The number of ether oxygens (including phenoxy) is 2. The molecular weight excluding hydrogens is 493 g/mol. The number of phosphoric ester groups is 1. The maximum absolute atomic E-state index is 13.0. The molecule has 0 bridgehead atoms. The zero-order valence-electron chi connectivity index (χ0n) is 24.3. The smallest absolute Gasteiger partial charge is 0.455 e. The van der Waals surface area contributed by atoms with E-state index >= 15 is 0 Å². The molecule has 0 spiro atoms. The van der Waals surface area contributed by atoms with E-state index in [1.54, 1.807) is 6.92 Å². The van der Waals surface area contributed by atoms with E-state index < -0.39 is 19.4 Å². The van der Waals surface area contributed by atoms with Crippen molar-refractivity contribution >= 4 is 13.8 Å². The summed E-state index contributed by atoms with van der Waals surface area (Å²) in [5.74, 6) is -0.438. The van der Waals surface area contributed by atoms with Gasteiger partial charge in [0, 0.05) is 20.0 Å². The summed E-state index contributed by atoms with van der Waals surface area (Å²) in [7, 11) is 0.345. The van der Waals surface area contributed by atoms with Gasteiger partial charge in [-0.3, -0.25) is 13.8 Å². The van der Waals surface area contributed by atoms with Crippen molar-refractivity contribution in [2.24, 2.45) is 0 Å². The Hall–Kier alpha value is -0.500. The predicted octanol–water partition coefficient (Wildman–Crippen LogP) is 7.15. The molecule has 8 nitrogen and oxygen atoms in total. The van der Waals surface area contributed by atoms with Crippen LogP contribution in [0, 0.1) is 0 Å². The molecular formula is C28H55NO7P+. The second kappa shape index (κ2) is 16.6. The summed E-state index contributed by atoms with van der Waals surface area (Å²) in [4.78, 5) is 11.7. The number of carbonyl (C=O) groups excluding carboxylic acids is 1. The summed E-state index contributed by atoms with van der Waals surface area (Å²) >= 11 is 0. The third-order valence-corrected chi connectivity index (χ3v) is 8.91. The van der Waals surface area contributed by atoms with E-state index in [9.17, 15) is 9.36 Å². The van der Waals surface area contributed by atoms with Crippen molar-refractivity contribution in [2.75, 3.05) is 40.5 Å². The van der Waals surface area contributed by atoms with E-state index in [2.05, 4.69) is 6.92 Å². The Morgan fingerprint density at radius 3 is 1.95 bits per heavy atom. The largest absolute Gasteiger partial charge is 0.480 e. The molecule has 37 heavy (non-hydrogen) atoms. The number of rotatable bonds is 21. The van der Waals surface area contributed by atoms with Gasteiger partial charge in [-0.25, -0.2) is 9.09 Å². The number of fused-ring (bicyclic) bond motifs is 1. The lowest BCUT2D eigenvalue weighted by Crippen LogP contribution is -2.46. The maximum Gasteiger partial charge on any atom is 0.480 e. The van der Waals surface area contributed by atoms with Crippen molar-refractivity contribution in [1.29, 1.82) is 0 Å². The molecule has 0 aromatic rings. The molecule has 0 aromatic heterocycles. The normalized spacial score (nSPS) is 26.2. The summed E-state index contributed by atoms with van der Waals surface area (Å²) in [6, 6.07) is 0. The number of likely N-dealkylation sites (tertiary alicyclic amines) is 1. The van der Waals surface area contributed by atoms with Crippen LogP contribution in [0.5, 0.6) is 0 Å². The van der Waals surface area contributed by atoms with Gasteiger partial charge in [-0.15, -0.1) is 0 Å². The molecule has 0 radical (unpaired) electrons. The summed E-state index contributed by atoms with van der Waals surface area (Å²) < 4.78 is 41.9. The average molecular weight is 549 g/mol. The zero-order chi connectivity index (χ0) is 27.2. The number of phosphoric acid groups is 1. The molecule has 4 atom stereocenters. The van der Waals surface area contributed by atoms with Gasteiger partial charge in [-0.05, 0) is 13.3 Å². The summed E-state index contributed by atoms with van der Waals surface area (Å²) in [5.41, 5.74) is -1.06. The first-order chi connectivity index (χ1) is 17.6. The lowest BCUT2D eigenvalue weighted by Gasteiger charge is -2.30. The molecule has 218 valence electrons. The number of likely N-dealkylation sites (N-methyl/N-ethyl adjacent to an activating group) is 1. The highest BCUT2D eigenvalue weighted by molar-refractivity contribution is 7.48. The van der Waals surface area contributed by atoms with Crippen LogP contribution in [-0.4, -0.2) is 68.8 Å². The SMILES string of the molecule is CCCCCCCCCCCCCCCCOCC(C)(COP1(=O)OC2CC[N+](C)(C)C2O1)OC(C)=O. The van der Waals surface area contributed by atoms with Crippen LogP contribution in [0.15, 0.2) is 0 Å². The van der Waals surface area contributed by atoms with Gasteiger partial charge in [0.1, 0.15) is 6.61 Å².